The van der Waals surface area contributed by atoms with Crippen LogP contribution in [0.4, 0.5) is 15.9 Å². The minimum atomic E-state index is -0.323. The lowest BCUT2D eigenvalue weighted by Crippen LogP contribution is -2.36. The second-order valence-corrected chi connectivity index (χ2v) is 6.44. The zero-order valence-corrected chi connectivity index (χ0v) is 14.8. The Morgan fingerprint density at radius 2 is 2.04 bits per heavy atom. The molecule has 4 heterocycles. The van der Waals surface area contributed by atoms with Crippen LogP contribution in [0.25, 0.3) is 28.2 Å². The summed E-state index contributed by atoms with van der Waals surface area (Å²) in [5.41, 5.74) is 9.53. The molecule has 1 fully saturated rings. The lowest BCUT2D eigenvalue weighted by Gasteiger charge is -2.29. The normalized spacial score (nSPS) is 14.7. The second-order valence-electron chi connectivity index (χ2n) is 6.44. The van der Waals surface area contributed by atoms with Gasteiger partial charge < -0.3 is 15.4 Å². The highest BCUT2D eigenvalue weighted by atomic mass is 19.1. The standard InChI is InChI=1S/C18H17FN8O/c19-13-7-11(1-2-14(13)26-3-5-28-6-4-26)15-16(12-8-22-23-9-12)27-18(17(20)25-15)21-10-24-27/h1-2,7-10H,3-6H2,(H2,20,25)(H,22,23). The zero-order valence-electron chi connectivity index (χ0n) is 14.8. The fraction of sp³-hybridized carbons (Fsp3) is 0.222. The number of benzene rings is 1. The van der Waals surface area contributed by atoms with Gasteiger partial charge in [-0.1, -0.05) is 6.07 Å². The van der Waals surface area contributed by atoms with Gasteiger partial charge in [-0.25, -0.2) is 18.9 Å². The number of aromatic amines is 1. The first kappa shape index (κ1) is 16.6. The molecular formula is C18H17FN8O. The second kappa shape index (κ2) is 6.57. The molecule has 1 saturated heterocycles. The van der Waals surface area contributed by atoms with Crippen LogP contribution in [0, 0.1) is 5.82 Å². The van der Waals surface area contributed by atoms with Crippen molar-refractivity contribution in [2.45, 2.75) is 0 Å². The predicted molar refractivity (Wildman–Crippen MR) is 101 cm³/mol. The van der Waals surface area contributed by atoms with Crippen LogP contribution in [0.1, 0.15) is 0 Å². The smallest absolute Gasteiger partial charge is 0.198 e. The minimum Gasteiger partial charge on any atom is -0.381 e. The molecule has 5 rings (SSSR count). The quantitative estimate of drug-likeness (QED) is 0.557. The number of nitrogens with two attached hydrogens (primary N) is 1. The van der Waals surface area contributed by atoms with Gasteiger partial charge in [0.15, 0.2) is 11.5 Å². The summed E-state index contributed by atoms with van der Waals surface area (Å²) in [5.74, 6) is -0.103. The number of hydrogen-bond acceptors (Lipinski definition) is 7. The van der Waals surface area contributed by atoms with Gasteiger partial charge in [0, 0.05) is 30.4 Å². The van der Waals surface area contributed by atoms with Crippen molar-refractivity contribution < 1.29 is 9.13 Å². The molecule has 0 radical (unpaired) electrons. The van der Waals surface area contributed by atoms with Crippen LogP contribution in [-0.4, -0.2) is 56.1 Å². The van der Waals surface area contributed by atoms with Gasteiger partial charge in [-0.3, -0.25) is 5.10 Å². The van der Waals surface area contributed by atoms with Gasteiger partial charge in [0.25, 0.3) is 0 Å². The minimum absolute atomic E-state index is 0.220. The highest BCUT2D eigenvalue weighted by molar-refractivity contribution is 5.82. The van der Waals surface area contributed by atoms with Crippen molar-refractivity contribution in [2.24, 2.45) is 0 Å². The van der Waals surface area contributed by atoms with E-state index in [-0.39, 0.29) is 11.6 Å². The van der Waals surface area contributed by atoms with Crippen LogP contribution in [0.5, 0.6) is 0 Å². The largest absolute Gasteiger partial charge is 0.381 e. The van der Waals surface area contributed by atoms with Gasteiger partial charge in [0.05, 0.1) is 30.8 Å². The molecule has 28 heavy (non-hydrogen) atoms. The predicted octanol–water partition coefficient (Wildman–Crippen LogP) is 1.74. The first-order valence-electron chi connectivity index (χ1n) is 8.83. The average Bonchev–Trinajstić information content (AvgIpc) is 3.41. The molecule has 0 unspecified atom stereocenters. The number of fused-ring (bicyclic) bond motifs is 1. The Bertz CT molecular complexity index is 1130. The van der Waals surface area contributed by atoms with E-state index in [9.17, 15) is 4.39 Å². The highest BCUT2D eigenvalue weighted by Gasteiger charge is 2.21. The number of ether oxygens (including phenoxy) is 1. The molecule has 1 aliphatic rings. The number of halogens is 1. The van der Waals surface area contributed by atoms with Crippen molar-refractivity contribution in [3.05, 3.63) is 42.7 Å². The summed E-state index contributed by atoms with van der Waals surface area (Å²) in [5, 5.41) is 11.0. The van der Waals surface area contributed by atoms with Crippen LogP contribution in [0.3, 0.4) is 0 Å². The number of aromatic nitrogens is 6. The molecule has 4 aromatic rings. The Morgan fingerprint density at radius 1 is 1.18 bits per heavy atom. The van der Waals surface area contributed by atoms with E-state index in [1.807, 2.05) is 11.0 Å². The third-order valence-electron chi connectivity index (χ3n) is 4.79. The van der Waals surface area contributed by atoms with E-state index in [1.165, 1.54) is 12.4 Å². The van der Waals surface area contributed by atoms with Gasteiger partial charge in [0.1, 0.15) is 17.8 Å². The van der Waals surface area contributed by atoms with Crippen LogP contribution in [0.2, 0.25) is 0 Å². The van der Waals surface area contributed by atoms with Gasteiger partial charge in [-0.05, 0) is 12.1 Å². The molecule has 142 valence electrons. The Hall–Kier alpha value is -3.53. The molecular weight excluding hydrogens is 363 g/mol. The van der Waals surface area contributed by atoms with E-state index in [4.69, 9.17) is 10.5 Å². The van der Waals surface area contributed by atoms with E-state index in [0.29, 0.717) is 54.6 Å². The Balaban J connectivity index is 1.67. The first-order valence-corrected chi connectivity index (χ1v) is 8.83. The summed E-state index contributed by atoms with van der Waals surface area (Å²) in [6.45, 7) is 2.50. The zero-order chi connectivity index (χ0) is 19.1. The maximum atomic E-state index is 15.0. The lowest BCUT2D eigenvalue weighted by atomic mass is 10.0. The average molecular weight is 380 g/mol. The van der Waals surface area contributed by atoms with E-state index < -0.39 is 0 Å². The molecule has 9 nitrogen and oxygen atoms in total. The van der Waals surface area contributed by atoms with Crippen LogP contribution < -0.4 is 10.6 Å². The molecule has 0 bridgehead atoms. The van der Waals surface area contributed by atoms with Crippen molar-refractivity contribution >= 4 is 17.2 Å². The summed E-state index contributed by atoms with van der Waals surface area (Å²) >= 11 is 0. The summed E-state index contributed by atoms with van der Waals surface area (Å²) in [6, 6.07) is 5.07. The topological polar surface area (TPSA) is 110 Å². The summed E-state index contributed by atoms with van der Waals surface area (Å²) in [6.07, 6.45) is 4.77. The molecule has 0 spiro atoms. The van der Waals surface area contributed by atoms with Gasteiger partial charge >= 0.3 is 0 Å². The molecule has 3 aromatic heterocycles. The Labute approximate surface area is 159 Å². The van der Waals surface area contributed by atoms with E-state index in [0.717, 1.165) is 5.56 Å². The van der Waals surface area contributed by atoms with Gasteiger partial charge in [-0.15, -0.1) is 0 Å². The molecule has 3 N–H and O–H groups in total. The van der Waals surface area contributed by atoms with Crippen molar-refractivity contribution in [1.29, 1.82) is 0 Å². The highest BCUT2D eigenvalue weighted by Crippen LogP contribution is 2.34. The molecule has 0 saturated carbocycles. The van der Waals surface area contributed by atoms with Gasteiger partial charge in [0.2, 0.25) is 0 Å². The summed E-state index contributed by atoms with van der Waals surface area (Å²) < 4.78 is 21.9. The number of nitrogens with zero attached hydrogens (tertiary/aromatic N) is 6. The van der Waals surface area contributed by atoms with Crippen LogP contribution >= 0.6 is 0 Å². The fourth-order valence-corrected chi connectivity index (χ4v) is 3.46. The monoisotopic (exact) mass is 380 g/mol. The number of hydrogen-bond donors (Lipinski definition) is 2. The summed E-state index contributed by atoms with van der Waals surface area (Å²) in [4.78, 5) is 10.6. The number of nitrogen functional groups attached to an aromatic ring is 1. The maximum Gasteiger partial charge on any atom is 0.198 e. The number of nitrogens with one attached hydrogen (secondary N) is 1. The SMILES string of the molecule is Nc1nc(-c2ccc(N3CCOCC3)c(F)c2)c(-c2cn[nH]c2)n2ncnc12. The lowest BCUT2D eigenvalue weighted by molar-refractivity contribution is 0.122. The van der Waals surface area contributed by atoms with Gasteiger partial charge in [-0.2, -0.15) is 10.2 Å². The molecule has 1 aliphatic heterocycles. The molecule has 0 atom stereocenters. The Kier molecular flexibility index (Phi) is 3.90. The van der Waals surface area contributed by atoms with Crippen LogP contribution in [0.15, 0.2) is 36.9 Å². The van der Waals surface area contributed by atoms with E-state index in [2.05, 4.69) is 25.3 Å². The number of H-pyrrole nitrogens is 1. The van der Waals surface area contributed by atoms with Crippen molar-refractivity contribution in [3.63, 3.8) is 0 Å². The van der Waals surface area contributed by atoms with Crippen molar-refractivity contribution in [1.82, 2.24) is 29.8 Å². The molecule has 0 amide bonds. The molecule has 1 aromatic carbocycles. The third kappa shape index (κ3) is 2.65. The first-order chi connectivity index (χ1) is 13.7. The fourth-order valence-electron chi connectivity index (χ4n) is 3.46. The number of rotatable bonds is 3. The maximum absolute atomic E-state index is 15.0. The summed E-state index contributed by atoms with van der Waals surface area (Å²) in [7, 11) is 0. The van der Waals surface area contributed by atoms with E-state index in [1.54, 1.807) is 23.0 Å². The van der Waals surface area contributed by atoms with Crippen LogP contribution in [-0.2, 0) is 4.74 Å². The number of morpholine rings is 1. The van der Waals surface area contributed by atoms with Crippen molar-refractivity contribution in [3.8, 4) is 22.5 Å². The Morgan fingerprint density at radius 3 is 2.79 bits per heavy atom. The number of anilines is 2. The molecule has 10 heteroatoms. The van der Waals surface area contributed by atoms with E-state index >= 15 is 0 Å². The molecule has 0 aliphatic carbocycles. The van der Waals surface area contributed by atoms with Crippen molar-refractivity contribution in [2.75, 3.05) is 36.9 Å². The third-order valence-corrected chi connectivity index (χ3v) is 4.79.